The Morgan fingerprint density at radius 1 is 0.929 bits per heavy atom. The molecule has 2 amide bonds. The standard InChI is InChI=1S/C8H8N2O4/c9-10-7(11)1-2(8(10)12)4-6-5(14-6)3(1)13-4/h1-6H,9H2. The quantitative estimate of drug-likeness (QED) is 0.210. The summed E-state index contributed by atoms with van der Waals surface area (Å²) in [5, 5.41) is 0.739. The van der Waals surface area contributed by atoms with Crippen LogP contribution in [0.4, 0.5) is 0 Å². The van der Waals surface area contributed by atoms with Gasteiger partial charge in [0.1, 0.15) is 12.2 Å². The predicted molar refractivity (Wildman–Crippen MR) is 40.3 cm³/mol. The van der Waals surface area contributed by atoms with Crippen molar-refractivity contribution in [1.82, 2.24) is 5.01 Å². The van der Waals surface area contributed by atoms with Crippen LogP contribution < -0.4 is 5.84 Å². The summed E-state index contributed by atoms with van der Waals surface area (Å²) < 4.78 is 10.9. The molecule has 0 aromatic carbocycles. The van der Waals surface area contributed by atoms with Crippen LogP contribution in [0.25, 0.3) is 0 Å². The first kappa shape index (κ1) is 7.33. The zero-order chi connectivity index (χ0) is 9.61. The van der Waals surface area contributed by atoms with E-state index in [0.29, 0.717) is 0 Å². The number of hydrazine groups is 1. The number of hydrogen-bond acceptors (Lipinski definition) is 5. The molecule has 0 radical (unpaired) electrons. The zero-order valence-electron chi connectivity index (χ0n) is 7.12. The number of amides is 2. The zero-order valence-corrected chi connectivity index (χ0v) is 7.12. The van der Waals surface area contributed by atoms with Gasteiger partial charge in [-0.05, 0) is 0 Å². The summed E-state index contributed by atoms with van der Waals surface area (Å²) in [7, 11) is 0. The molecule has 0 aromatic heterocycles. The van der Waals surface area contributed by atoms with Crippen LogP contribution in [-0.4, -0.2) is 41.2 Å². The summed E-state index contributed by atoms with van der Waals surface area (Å²) in [5.74, 6) is 3.95. The van der Waals surface area contributed by atoms with Crippen LogP contribution in [0.2, 0.25) is 0 Å². The van der Waals surface area contributed by atoms with Crippen LogP contribution in [-0.2, 0) is 19.1 Å². The van der Waals surface area contributed by atoms with Crippen molar-refractivity contribution in [3.8, 4) is 0 Å². The molecule has 4 fully saturated rings. The van der Waals surface area contributed by atoms with E-state index in [1.165, 1.54) is 0 Å². The molecule has 6 heteroatoms. The van der Waals surface area contributed by atoms with Crippen LogP contribution >= 0.6 is 0 Å². The first-order valence-corrected chi connectivity index (χ1v) is 4.63. The molecule has 4 aliphatic heterocycles. The van der Waals surface area contributed by atoms with Crippen molar-refractivity contribution in [3.63, 3.8) is 0 Å². The van der Waals surface area contributed by atoms with E-state index in [9.17, 15) is 9.59 Å². The van der Waals surface area contributed by atoms with E-state index in [2.05, 4.69) is 0 Å². The smallest absolute Gasteiger partial charge is 0.250 e. The van der Waals surface area contributed by atoms with E-state index in [1.54, 1.807) is 0 Å². The van der Waals surface area contributed by atoms with Gasteiger partial charge in [-0.2, -0.15) is 0 Å². The molecule has 0 aromatic rings. The number of carbonyl (C=O) groups is 2. The fourth-order valence-electron chi connectivity index (χ4n) is 3.01. The first-order chi connectivity index (χ1) is 6.70. The number of ether oxygens (including phenoxy) is 2. The molecule has 74 valence electrons. The molecule has 2 bridgehead atoms. The van der Waals surface area contributed by atoms with E-state index in [1.807, 2.05) is 0 Å². The number of nitrogens with zero attached hydrogens (tertiary/aromatic N) is 1. The Morgan fingerprint density at radius 2 is 1.36 bits per heavy atom. The van der Waals surface area contributed by atoms with Crippen LogP contribution in [0.15, 0.2) is 0 Å². The Morgan fingerprint density at radius 3 is 1.86 bits per heavy atom. The third-order valence-corrected chi connectivity index (χ3v) is 3.66. The Bertz CT molecular complexity index is 338. The SMILES string of the molecule is NN1C(=O)C2C3OC(C4OC43)C2C1=O. The fourth-order valence-corrected chi connectivity index (χ4v) is 3.01. The lowest BCUT2D eigenvalue weighted by molar-refractivity contribution is -0.144. The third kappa shape index (κ3) is 0.546. The van der Waals surface area contributed by atoms with Gasteiger partial charge in [-0.1, -0.05) is 0 Å². The van der Waals surface area contributed by atoms with Crippen molar-refractivity contribution >= 4 is 11.8 Å². The molecular formula is C8H8N2O4. The molecule has 0 saturated carbocycles. The monoisotopic (exact) mass is 196 g/mol. The third-order valence-electron chi connectivity index (χ3n) is 3.66. The molecule has 6 nitrogen and oxygen atoms in total. The van der Waals surface area contributed by atoms with Gasteiger partial charge >= 0.3 is 0 Å². The minimum Gasteiger partial charge on any atom is -0.368 e. The van der Waals surface area contributed by atoms with E-state index in [0.717, 1.165) is 5.01 Å². The van der Waals surface area contributed by atoms with Gasteiger partial charge in [-0.3, -0.25) is 9.59 Å². The van der Waals surface area contributed by atoms with Gasteiger partial charge in [0.15, 0.2) is 0 Å². The molecule has 6 unspecified atom stereocenters. The highest BCUT2D eigenvalue weighted by atomic mass is 16.7. The molecule has 0 aliphatic carbocycles. The lowest BCUT2D eigenvalue weighted by Gasteiger charge is -2.12. The number of carbonyl (C=O) groups excluding carboxylic acids is 2. The molecule has 14 heavy (non-hydrogen) atoms. The van der Waals surface area contributed by atoms with Gasteiger partial charge < -0.3 is 9.47 Å². The Labute approximate surface area is 78.9 Å². The van der Waals surface area contributed by atoms with E-state index < -0.39 is 0 Å². The largest absolute Gasteiger partial charge is 0.368 e. The van der Waals surface area contributed by atoms with Gasteiger partial charge in [-0.15, -0.1) is 0 Å². The molecule has 4 saturated heterocycles. The Hall–Kier alpha value is -0.980. The second-order valence-electron chi connectivity index (χ2n) is 4.23. The van der Waals surface area contributed by atoms with Crippen LogP contribution in [0.1, 0.15) is 0 Å². The van der Waals surface area contributed by atoms with Crippen molar-refractivity contribution in [3.05, 3.63) is 0 Å². The van der Waals surface area contributed by atoms with Crippen molar-refractivity contribution in [2.75, 3.05) is 0 Å². The number of rotatable bonds is 0. The second-order valence-corrected chi connectivity index (χ2v) is 4.23. The number of imide groups is 1. The minimum atomic E-state index is -0.388. The highest BCUT2D eigenvalue weighted by molar-refractivity contribution is 6.05. The highest BCUT2D eigenvalue weighted by Crippen LogP contribution is 2.56. The van der Waals surface area contributed by atoms with E-state index in [-0.39, 0.29) is 48.1 Å². The average molecular weight is 196 g/mol. The highest BCUT2D eigenvalue weighted by Gasteiger charge is 2.75. The number of fused-ring (bicyclic) bond motifs is 8. The summed E-state index contributed by atoms with van der Waals surface area (Å²) in [6.45, 7) is 0. The lowest BCUT2D eigenvalue weighted by Crippen LogP contribution is -2.40. The maximum Gasteiger partial charge on any atom is 0.250 e. The molecule has 4 rings (SSSR count). The maximum atomic E-state index is 11.6. The normalized spacial score (nSPS) is 57.9. The van der Waals surface area contributed by atoms with E-state index in [4.69, 9.17) is 15.3 Å². The fraction of sp³-hybridized carbons (Fsp3) is 0.750. The molecule has 4 heterocycles. The number of hydrogen-bond donors (Lipinski definition) is 1. The molecule has 2 N–H and O–H groups in total. The van der Waals surface area contributed by atoms with Crippen molar-refractivity contribution < 1.29 is 19.1 Å². The van der Waals surface area contributed by atoms with Gasteiger partial charge in [0.25, 0.3) is 0 Å². The van der Waals surface area contributed by atoms with Crippen molar-refractivity contribution in [2.45, 2.75) is 24.4 Å². The summed E-state index contributed by atoms with van der Waals surface area (Å²) >= 11 is 0. The summed E-state index contributed by atoms with van der Waals surface area (Å²) in [6, 6.07) is 0. The summed E-state index contributed by atoms with van der Waals surface area (Å²) in [4.78, 5) is 23.2. The average Bonchev–Trinajstić information content (AvgIpc) is 2.74. The Kier molecular flexibility index (Phi) is 0.973. The van der Waals surface area contributed by atoms with Gasteiger partial charge in [-0.25, -0.2) is 10.9 Å². The predicted octanol–water partition coefficient (Wildman–Crippen LogP) is -1.99. The maximum absolute atomic E-state index is 11.6. The number of epoxide rings is 1. The van der Waals surface area contributed by atoms with Gasteiger partial charge in [0.05, 0.1) is 24.0 Å². The topological polar surface area (TPSA) is 85.2 Å². The second kappa shape index (κ2) is 1.86. The molecule has 6 atom stereocenters. The van der Waals surface area contributed by atoms with Crippen LogP contribution in [0.3, 0.4) is 0 Å². The van der Waals surface area contributed by atoms with E-state index >= 15 is 0 Å². The van der Waals surface area contributed by atoms with Gasteiger partial charge in [0.2, 0.25) is 11.8 Å². The minimum absolute atomic E-state index is 0.0319. The molecule has 4 aliphatic rings. The van der Waals surface area contributed by atoms with Crippen LogP contribution in [0.5, 0.6) is 0 Å². The summed E-state index contributed by atoms with van der Waals surface area (Å²) in [6.07, 6.45) is -0.408. The summed E-state index contributed by atoms with van der Waals surface area (Å²) in [5.41, 5.74) is 0. The molecular weight excluding hydrogens is 188 g/mol. The first-order valence-electron chi connectivity index (χ1n) is 4.63. The molecule has 0 spiro atoms. The lowest BCUT2D eigenvalue weighted by atomic mass is 9.81. The number of nitrogens with two attached hydrogens (primary N) is 1. The van der Waals surface area contributed by atoms with Gasteiger partial charge in [0, 0.05) is 0 Å². The van der Waals surface area contributed by atoms with Crippen molar-refractivity contribution in [2.24, 2.45) is 17.7 Å². The van der Waals surface area contributed by atoms with Crippen LogP contribution in [0, 0.1) is 11.8 Å². The van der Waals surface area contributed by atoms with Crippen molar-refractivity contribution in [1.29, 1.82) is 0 Å². The Balaban J connectivity index is 1.82.